The number of aliphatic imine (C=N–C) groups is 2. The van der Waals surface area contributed by atoms with Crippen LogP contribution < -0.4 is 59.7 Å². The fraction of sp³-hybridized carbons (Fsp3) is 0.509. The van der Waals surface area contributed by atoms with Crippen LogP contribution >= 0.6 is 0 Å². The lowest BCUT2D eigenvalue weighted by molar-refractivity contribution is -0.135. The van der Waals surface area contributed by atoms with E-state index in [0.717, 1.165) is 16.5 Å². The first-order chi connectivity index (χ1) is 36.4. The van der Waals surface area contributed by atoms with E-state index in [-0.39, 0.29) is 56.8 Å². The van der Waals surface area contributed by atoms with Crippen LogP contribution in [0.1, 0.15) is 91.7 Å². The van der Waals surface area contributed by atoms with Crippen LogP contribution in [0.15, 0.2) is 70.8 Å². The second-order valence-corrected chi connectivity index (χ2v) is 20.4. The molecule has 0 aliphatic carbocycles. The third kappa shape index (κ3) is 20.2. The Labute approximate surface area is 447 Å². The average Bonchev–Trinajstić information content (AvgIpc) is 4.04. The summed E-state index contributed by atoms with van der Waals surface area (Å²) < 4.78 is 0. The summed E-state index contributed by atoms with van der Waals surface area (Å²) in [5, 5.41) is 21.7. The lowest BCUT2D eigenvalue weighted by Gasteiger charge is -2.27. The summed E-state index contributed by atoms with van der Waals surface area (Å²) >= 11 is 0. The third-order valence-corrected chi connectivity index (χ3v) is 12.5. The molecule has 2 aromatic carbocycles. The summed E-state index contributed by atoms with van der Waals surface area (Å²) in [7, 11) is 0. The molecule has 10 amide bonds. The Bertz CT molecular complexity index is 2610. The molecule has 9 unspecified atom stereocenters. The average molecular weight is 1070 g/mol. The van der Waals surface area contributed by atoms with Crippen LogP contribution in [-0.2, 0) is 60.8 Å². The number of hydrogen-bond acceptors (Lipinski definition) is 13. The first-order valence-corrected chi connectivity index (χ1v) is 25.8. The molecule has 4 rings (SSSR count). The number of benzene rings is 2. The van der Waals surface area contributed by atoms with Crippen molar-refractivity contribution in [3.63, 3.8) is 0 Å². The van der Waals surface area contributed by atoms with E-state index in [0.29, 0.717) is 5.56 Å². The van der Waals surface area contributed by atoms with Crippen LogP contribution in [0.5, 0.6) is 0 Å². The number of carbonyl (C=O) groups is 10. The monoisotopic (exact) mass is 1070 g/mol. The number of carbonyl (C=O) groups excluding carboxylic acids is 10. The van der Waals surface area contributed by atoms with Crippen molar-refractivity contribution in [2.75, 3.05) is 6.54 Å². The number of nitrogens with zero attached hydrogens (tertiary/aromatic N) is 2. The van der Waals surface area contributed by atoms with Gasteiger partial charge in [-0.1, -0.05) is 90.1 Å². The number of aromatic amines is 1. The molecule has 0 saturated heterocycles. The van der Waals surface area contributed by atoms with Crippen molar-refractivity contribution in [1.82, 2.24) is 47.5 Å². The van der Waals surface area contributed by atoms with Crippen molar-refractivity contribution in [2.45, 2.75) is 148 Å². The number of amides is 10. The summed E-state index contributed by atoms with van der Waals surface area (Å²) in [6.45, 7) is 11.4. The SMILES string of the molecule is CC(C)CC(NC(=O)C(CC(C)C)NC(=O)C(CC1C=NC=N1)NC(=O)CNC(=O)C(NC(=O)C(C)NC(=O)C(Cc1c[nH]c2ccccc12)NC(=O)C(CCC(N)=O)NC(=O)C(N)Cc1ccccc1)C(C)C)C(N)=O. The van der Waals surface area contributed by atoms with E-state index >= 15 is 0 Å². The molecule has 3 aromatic rings. The molecule has 77 heavy (non-hydrogen) atoms. The maximum atomic E-state index is 14.2. The summed E-state index contributed by atoms with van der Waals surface area (Å²) in [5.74, 6) is -8.12. The van der Waals surface area contributed by atoms with Gasteiger partial charge in [0.25, 0.3) is 0 Å². The summed E-state index contributed by atoms with van der Waals surface area (Å²) in [5.41, 5.74) is 19.4. The molecule has 9 atom stereocenters. The van der Waals surface area contributed by atoms with Crippen molar-refractivity contribution in [3.05, 3.63) is 71.9 Å². The molecule has 2 heterocycles. The highest BCUT2D eigenvalue weighted by Gasteiger charge is 2.34. The standard InChI is InChI=1S/C53H76N14O10/c1-28(2)19-39(46(56)70)64-51(75)40(20-29(3)4)65-52(76)42(23-34-25-57-27-60-34)62-44(69)26-59-53(77)45(30(5)6)67-47(71)31(7)61-50(74)41(22-33-24-58-37-16-12-11-15-35(33)37)66-49(73)38(17-18-43(55)68)63-48(72)36(54)21-32-13-9-8-10-14-32/h8-16,24-25,27-31,34,36,38-42,45,58H,17-23,26,54H2,1-7H3,(H2,55,68)(H2,56,70)(H,59,77)(H,61,74)(H,62,69)(H,63,72)(H,64,75)(H,65,76)(H,66,73)(H,67,71). The molecule has 1 aromatic heterocycles. The minimum atomic E-state index is -1.36. The molecule has 1 aliphatic rings. The van der Waals surface area contributed by atoms with Gasteiger partial charge in [0.1, 0.15) is 48.6 Å². The first kappa shape index (κ1) is 61.5. The lowest BCUT2D eigenvalue weighted by Crippen LogP contribution is -2.59. The second kappa shape index (κ2) is 29.9. The number of nitrogens with two attached hydrogens (primary N) is 3. The topological polar surface area (TPSA) is 386 Å². The van der Waals surface area contributed by atoms with Gasteiger partial charge in [0, 0.05) is 42.6 Å². The van der Waals surface area contributed by atoms with Crippen LogP contribution in [0.2, 0.25) is 0 Å². The van der Waals surface area contributed by atoms with Crippen molar-refractivity contribution in [3.8, 4) is 0 Å². The van der Waals surface area contributed by atoms with Crippen molar-refractivity contribution >= 4 is 82.5 Å². The van der Waals surface area contributed by atoms with Gasteiger partial charge in [-0.25, -0.2) is 4.99 Å². The van der Waals surface area contributed by atoms with Gasteiger partial charge in [-0.2, -0.15) is 0 Å². The van der Waals surface area contributed by atoms with Gasteiger partial charge in [-0.05, 0) is 67.6 Å². The minimum Gasteiger partial charge on any atom is -0.370 e. The maximum absolute atomic E-state index is 14.2. The van der Waals surface area contributed by atoms with Crippen molar-refractivity contribution < 1.29 is 47.9 Å². The molecule has 15 N–H and O–H groups in total. The van der Waals surface area contributed by atoms with E-state index in [1.807, 2.05) is 52.0 Å². The van der Waals surface area contributed by atoms with Crippen LogP contribution in [0.4, 0.5) is 0 Å². The summed E-state index contributed by atoms with van der Waals surface area (Å²) in [6.07, 6.45) is 4.40. The second-order valence-electron chi connectivity index (χ2n) is 20.4. The maximum Gasteiger partial charge on any atom is 0.243 e. The largest absolute Gasteiger partial charge is 0.370 e. The molecular weight excluding hydrogens is 993 g/mol. The van der Waals surface area contributed by atoms with E-state index in [9.17, 15) is 47.9 Å². The van der Waals surface area contributed by atoms with Crippen LogP contribution in [-0.4, -0.2) is 138 Å². The number of primary amides is 2. The molecular formula is C53H76N14O10. The molecule has 24 nitrogen and oxygen atoms in total. The quantitative estimate of drug-likeness (QED) is 0.0378. The zero-order valence-electron chi connectivity index (χ0n) is 44.7. The molecule has 0 saturated carbocycles. The molecule has 1 aliphatic heterocycles. The number of fused-ring (bicyclic) bond motifs is 1. The van der Waals surface area contributed by atoms with Crippen LogP contribution in [0, 0.1) is 17.8 Å². The first-order valence-electron chi connectivity index (χ1n) is 25.8. The molecule has 0 radical (unpaired) electrons. The number of H-pyrrole nitrogens is 1. The van der Waals surface area contributed by atoms with Gasteiger partial charge in [-0.15, -0.1) is 0 Å². The predicted octanol–water partition coefficient (Wildman–Crippen LogP) is -0.820. The highest BCUT2D eigenvalue weighted by Crippen LogP contribution is 2.20. The summed E-state index contributed by atoms with van der Waals surface area (Å²) in [6, 6.07) is 5.97. The fourth-order valence-corrected chi connectivity index (χ4v) is 8.37. The number of para-hydroxylation sites is 1. The number of hydrogen-bond donors (Lipinski definition) is 12. The minimum absolute atomic E-state index is 0.0235. The molecule has 0 fully saturated rings. The van der Waals surface area contributed by atoms with E-state index < -0.39 is 126 Å². The van der Waals surface area contributed by atoms with Crippen molar-refractivity contribution in [1.29, 1.82) is 0 Å². The molecule has 418 valence electrons. The highest BCUT2D eigenvalue weighted by molar-refractivity contribution is 5.98. The molecule has 0 spiro atoms. The Hall–Kier alpha value is -8.02. The highest BCUT2D eigenvalue weighted by atomic mass is 16.2. The zero-order valence-corrected chi connectivity index (χ0v) is 44.7. The van der Waals surface area contributed by atoms with Crippen LogP contribution in [0.3, 0.4) is 0 Å². The van der Waals surface area contributed by atoms with E-state index in [1.165, 1.54) is 19.5 Å². The van der Waals surface area contributed by atoms with Gasteiger partial charge < -0.3 is 64.7 Å². The number of rotatable bonds is 31. The predicted molar refractivity (Wildman–Crippen MR) is 289 cm³/mol. The van der Waals surface area contributed by atoms with Gasteiger partial charge in [-0.3, -0.25) is 52.9 Å². The Morgan fingerprint density at radius 3 is 1.82 bits per heavy atom. The lowest BCUT2D eigenvalue weighted by atomic mass is 9.99. The summed E-state index contributed by atoms with van der Waals surface area (Å²) in [4.78, 5) is 145. The Morgan fingerprint density at radius 1 is 0.610 bits per heavy atom. The number of aromatic nitrogens is 1. The fourth-order valence-electron chi connectivity index (χ4n) is 8.37. The molecule has 0 bridgehead atoms. The Balaban J connectivity index is 1.45. The number of nitrogens with one attached hydrogen (secondary N) is 9. The smallest absolute Gasteiger partial charge is 0.243 e. The van der Waals surface area contributed by atoms with E-state index in [1.54, 1.807) is 50.4 Å². The van der Waals surface area contributed by atoms with Gasteiger partial charge in [0.05, 0.1) is 18.6 Å². The third-order valence-electron chi connectivity index (χ3n) is 12.5. The normalized spacial score (nSPS) is 16.0. The van der Waals surface area contributed by atoms with Crippen LogP contribution in [0.25, 0.3) is 10.9 Å². The van der Waals surface area contributed by atoms with Gasteiger partial charge in [0.2, 0.25) is 59.1 Å². The van der Waals surface area contributed by atoms with E-state index in [4.69, 9.17) is 17.2 Å². The zero-order chi connectivity index (χ0) is 56.9. The Kier molecular flexibility index (Phi) is 23.9. The Morgan fingerprint density at radius 2 is 1.19 bits per heavy atom. The van der Waals surface area contributed by atoms with E-state index in [2.05, 4.69) is 57.5 Å². The van der Waals surface area contributed by atoms with Gasteiger partial charge in [0.15, 0.2) is 0 Å². The molecule has 24 heteroatoms. The van der Waals surface area contributed by atoms with Gasteiger partial charge >= 0.3 is 0 Å². The van der Waals surface area contributed by atoms with Crippen molar-refractivity contribution in [2.24, 2.45) is 44.9 Å².